The average Bonchev–Trinajstić information content (AvgIpc) is 2.81. The maximum Gasteiger partial charge on any atom is 0.258 e. The van der Waals surface area contributed by atoms with Gasteiger partial charge in [-0.2, -0.15) is 5.10 Å². The van der Waals surface area contributed by atoms with Gasteiger partial charge < -0.3 is 0 Å². The fourth-order valence-corrected chi connectivity index (χ4v) is 2.56. The van der Waals surface area contributed by atoms with Gasteiger partial charge in [-0.3, -0.25) is 9.52 Å². The number of carbonyl (C=O) groups is 1. The summed E-state index contributed by atoms with van der Waals surface area (Å²) in [6.45, 7) is 0. The van der Waals surface area contributed by atoms with Crippen molar-refractivity contribution in [2.75, 3.05) is 0 Å². The minimum absolute atomic E-state index is 0.286. The van der Waals surface area contributed by atoms with E-state index >= 15 is 0 Å². The third kappa shape index (κ3) is 1.63. The van der Waals surface area contributed by atoms with Crippen molar-refractivity contribution in [3.8, 4) is 0 Å². The first-order chi connectivity index (χ1) is 8.15. The molecule has 0 radical (unpaired) electrons. The van der Waals surface area contributed by atoms with Crippen LogP contribution in [0.2, 0.25) is 5.15 Å². The Hall–Kier alpha value is -1.73. The van der Waals surface area contributed by atoms with Crippen molar-refractivity contribution >= 4 is 44.6 Å². The van der Waals surface area contributed by atoms with E-state index in [0.717, 1.165) is 0 Å². The van der Waals surface area contributed by atoms with Gasteiger partial charge in [0, 0.05) is 6.08 Å². The largest absolute Gasteiger partial charge is 0.269 e. The lowest BCUT2D eigenvalue weighted by Crippen LogP contribution is -2.17. The first-order valence-electron chi connectivity index (χ1n) is 4.60. The number of pyridine rings is 1. The summed E-state index contributed by atoms with van der Waals surface area (Å²) >= 11 is 5.75. The van der Waals surface area contributed by atoms with Gasteiger partial charge in [0.1, 0.15) is 10.7 Å². The molecule has 3 rings (SSSR count). The number of nitrogens with one attached hydrogen (secondary N) is 1. The third-order valence-corrected chi connectivity index (χ3v) is 3.51. The van der Waals surface area contributed by atoms with Gasteiger partial charge in [-0.15, -0.1) is 0 Å². The van der Waals surface area contributed by atoms with Crippen molar-refractivity contribution in [1.82, 2.24) is 19.5 Å². The van der Waals surface area contributed by atoms with Crippen LogP contribution in [-0.4, -0.2) is 24.9 Å². The average molecular weight is 269 g/mol. The highest BCUT2D eigenvalue weighted by Gasteiger charge is 2.23. The third-order valence-electron chi connectivity index (χ3n) is 2.24. The van der Waals surface area contributed by atoms with E-state index in [0.29, 0.717) is 16.2 Å². The molecule has 1 atom stereocenters. The Labute approximate surface area is 103 Å². The van der Waals surface area contributed by atoms with Crippen LogP contribution in [0.3, 0.4) is 0 Å². The van der Waals surface area contributed by atoms with E-state index in [1.807, 2.05) is 0 Å². The zero-order valence-corrected chi connectivity index (χ0v) is 9.83. The molecule has 0 aromatic carbocycles. The number of fused-ring (bicyclic) bond motifs is 1. The van der Waals surface area contributed by atoms with Crippen LogP contribution in [0, 0.1) is 0 Å². The summed E-state index contributed by atoms with van der Waals surface area (Å²) in [5.74, 6) is -0.399. The standard InChI is InChI=1S/C9H5ClN4O2S/c10-7-2-1-6-5(12-7)4-11-14(6)9-3-8(15)13-17(9)16/h1-4H,(H,13,15). The Bertz CT molecular complexity index is 693. The van der Waals surface area contributed by atoms with Crippen LogP contribution >= 0.6 is 11.6 Å². The van der Waals surface area contributed by atoms with Crippen LogP contribution in [0.25, 0.3) is 16.1 Å². The second kappa shape index (κ2) is 3.64. The Balaban J connectivity index is 2.22. The number of carbonyl (C=O) groups excluding carboxylic acids is 1. The molecule has 1 amide bonds. The maximum absolute atomic E-state index is 11.6. The van der Waals surface area contributed by atoms with Gasteiger partial charge in [-0.25, -0.2) is 13.9 Å². The molecule has 0 saturated heterocycles. The molecule has 6 nitrogen and oxygen atoms in total. The van der Waals surface area contributed by atoms with Crippen molar-refractivity contribution in [2.45, 2.75) is 0 Å². The van der Waals surface area contributed by atoms with Gasteiger partial charge >= 0.3 is 0 Å². The molecule has 1 aliphatic rings. The molecule has 0 fully saturated rings. The SMILES string of the molecule is O=C1C=C(n2ncc3nc(Cl)ccc32)S(=O)N1. The lowest BCUT2D eigenvalue weighted by molar-refractivity contribution is -0.114. The van der Waals surface area contributed by atoms with Crippen LogP contribution in [-0.2, 0) is 15.8 Å². The zero-order chi connectivity index (χ0) is 12.0. The Morgan fingerprint density at radius 2 is 2.24 bits per heavy atom. The first kappa shape index (κ1) is 10.4. The monoisotopic (exact) mass is 268 g/mol. The summed E-state index contributed by atoms with van der Waals surface area (Å²) in [4.78, 5) is 15.2. The van der Waals surface area contributed by atoms with Crippen molar-refractivity contribution in [3.05, 3.63) is 29.6 Å². The van der Waals surface area contributed by atoms with Crippen molar-refractivity contribution in [3.63, 3.8) is 0 Å². The zero-order valence-electron chi connectivity index (χ0n) is 8.25. The first-order valence-corrected chi connectivity index (χ1v) is 6.13. The molecule has 2 aromatic heterocycles. The van der Waals surface area contributed by atoms with Gasteiger partial charge in [0.2, 0.25) is 0 Å². The lowest BCUT2D eigenvalue weighted by Gasteiger charge is -2.01. The summed E-state index contributed by atoms with van der Waals surface area (Å²) < 4.78 is 15.3. The number of rotatable bonds is 1. The van der Waals surface area contributed by atoms with Crippen LogP contribution in [0.1, 0.15) is 0 Å². The van der Waals surface area contributed by atoms with Crippen LogP contribution in [0.5, 0.6) is 0 Å². The van der Waals surface area contributed by atoms with Gasteiger partial charge in [0.05, 0.1) is 11.7 Å². The van der Waals surface area contributed by atoms with Crippen molar-refractivity contribution in [1.29, 1.82) is 0 Å². The quantitative estimate of drug-likeness (QED) is 0.772. The Kier molecular flexibility index (Phi) is 2.23. The van der Waals surface area contributed by atoms with Crippen molar-refractivity contribution < 1.29 is 9.00 Å². The summed E-state index contributed by atoms with van der Waals surface area (Å²) in [5, 5.41) is 4.69. The second-order valence-electron chi connectivity index (χ2n) is 3.31. The molecule has 0 aliphatic carbocycles. The molecular formula is C9H5ClN4O2S. The molecular weight excluding hydrogens is 264 g/mol. The molecule has 1 N–H and O–H groups in total. The fraction of sp³-hybridized carbons (Fsp3) is 0. The summed E-state index contributed by atoms with van der Waals surface area (Å²) in [6.07, 6.45) is 2.75. The highest BCUT2D eigenvalue weighted by atomic mass is 35.5. The predicted molar refractivity (Wildman–Crippen MR) is 63.1 cm³/mol. The van der Waals surface area contributed by atoms with E-state index in [1.165, 1.54) is 17.0 Å². The minimum Gasteiger partial charge on any atom is -0.269 e. The second-order valence-corrected chi connectivity index (χ2v) is 4.86. The summed E-state index contributed by atoms with van der Waals surface area (Å²) in [5.41, 5.74) is 1.22. The molecule has 8 heteroatoms. The lowest BCUT2D eigenvalue weighted by atomic mass is 10.4. The molecule has 1 aliphatic heterocycles. The van der Waals surface area contributed by atoms with Gasteiger partial charge in [-0.05, 0) is 12.1 Å². The molecule has 1 unspecified atom stereocenters. The van der Waals surface area contributed by atoms with Gasteiger partial charge in [0.25, 0.3) is 5.91 Å². The number of hydrogen-bond acceptors (Lipinski definition) is 4. The fourth-order valence-electron chi connectivity index (χ4n) is 1.55. The Morgan fingerprint density at radius 3 is 2.94 bits per heavy atom. The number of halogens is 1. The number of amides is 1. The smallest absolute Gasteiger partial charge is 0.258 e. The topological polar surface area (TPSA) is 76.9 Å². The van der Waals surface area contributed by atoms with E-state index in [-0.39, 0.29) is 5.03 Å². The number of hydrogen-bond donors (Lipinski definition) is 1. The maximum atomic E-state index is 11.6. The molecule has 3 heterocycles. The summed E-state index contributed by atoms with van der Waals surface area (Å²) in [7, 11) is -1.58. The normalized spacial score (nSPS) is 19.5. The highest BCUT2D eigenvalue weighted by Crippen LogP contribution is 2.21. The molecule has 2 aromatic rings. The highest BCUT2D eigenvalue weighted by molar-refractivity contribution is 7.93. The molecule has 17 heavy (non-hydrogen) atoms. The van der Waals surface area contributed by atoms with E-state index in [1.54, 1.807) is 12.1 Å². The number of aromatic nitrogens is 3. The van der Waals surface area contributed by atoms with Crippen LogP contribution < -0.4 is 4.72 Å². The molecule has 0 bridgehead atoms. The minimum atomic E-state index is -1.58. The molecule has 0 spiro atoms. The van der Waals surface area contributed by atoms with Gasteiger partial charge in [-0.1, -0.05) is 11.6 Å². The molecule has 86 valence electrons. The van der Waals surface area contributed by atoms with E-state index in [9.17, 15) is 9.00 Å². The van der Waals surface area contributed by atoms with E-state index < -0.39 is 16.9 Å². The number of nitrogens with zero attached hydrogens (tertiary/aromatic N) is 3. The predicted octanol–water partition coefficient (Wildman–Crippen LogP) is 0.677. The van der Waals surface area contributed by atoms with Crippen LogP contribution in [0.15, 0.2) is 24.4 Å². The van der Waals surface area contributed by atoms with Crippen molar-refractivity contribution in [2.24, 2.45) is 0 Å². The van der Waals surface area contributed by atoms with E-state index in [2.05, 4.69) is 14.8 Å². The van der Waals surface area contributed by atoms with Gasteiger partial charge in [0.15, 0.2) is 16.0 Å². The Morgan fingerprint density at radius 1 is 1.41 bits per heavy atom. The summed E-state index contributed by atoms with van der Waals surface area (Å²) in [6, 6.07) is 3.31. The molecule has 0 saturated carbocycles. The van der Waals surface area contributed by atoms with Crippen LogP contribution in [0.4, 0.5) is 0 Å². The van der Waals surface area contributed by atoms with E-state index in [4.69, 9.17) is 11.6 Å².